The minimum absolute atomic E-state index is 0.0829. The summed E-state index contributed by atoms with van der Waals surface area (Å²) >= 11 is 0. The highest BCUT2D eigenvalue weighted by atomic mass is 16.2. The molecule has 1 heterocycles. The number of pyridine rings is 1. The van der Waals surface area contributed by atoms with Crippen molar-refractivity contribution >= 4 is 17.6 Å². The van der Waals surface area contributed by atoms with E-state index in [1.807, 2.05) is 13.8 Å². The summed E-state index contributed by atoms with van der Waals surface area (Å²) in [6.45, 7) is 4.84. The third-order valence-corrected chi connectivity index (χ3v) is 3.38. The second kappa shape index (κ2) is 6.56. The monoisotopic (exact) mass is 290 g/mol. The molecule has 0 aromatic carbocycles. The molecule has 0 spiro atoms. The molecule has 114 valence electrons. The first-order valence-corrected chi connectivity index (χ1v) is 7.30. The topological polar surface area (TPSA) is 97.1 Å². The summed E-state index contributed by atoms with van der Waals surface area (Å²) in [5.74, 6) is 0.617. The van der Waals surface area contributed by atoms with E-state index < -0.39 is 0 Å². The van der Waals surface area contributed by atoms with Crippen LogP contribution in [0.2, 0.25) is 0 Å². The van der Waals surface area contributed by atoms with Crippen molar-refractivity contribution in [3.8, 4) is 0 Å². The molecule has 0 atom stereocenters. The molecule has 6 nitrogen and oxygen atoms in total. The van der Waals surface area contributed by atoms with Gasteiger partial charge in [-0.2, -0.15) is 0 Å². The van der Waals surface area contributed by atoms with Crippen LogP contribution in [-0.2, 0) is 4.79 Å². The van der Waals surface area contributed by atoms with Gasteiger partial charge in [0.05, 0.1) is 0 Å². The molecule has 1 aromatic heterocycles. The molecule has 1 saturated carbocycles. The predicted molar refractivity (Wildman–Crippen MR) is 80.8 cm³/mol. The van der Waals surface area contributed by atoms with Crippen molar-refractivity contribution in [3.63, 3.8) is 0 Å². The largest absolute Gasteiger partial charge is 0.384 e. The molecule has 1 fully saturated rings. The van der Waals surface area contributed by atoms with Crippen LogP contribution < -0.4 is 16.4 Å². The lowest BCUT2D eigenvalue weighted by molar-refractivity contribution is -0.122. The number of nitrogens with zero attached hydrogens (tertiary/aromatic N) is 1. The van der Waals surface area contributed by atoms with Gasteiger partial charge in [-0.1, -0.05) is 13.8 Å². The number of nitrogens with two attached hydrogens (primary N) is 1. The zero-order valence-electron chi connectivity index (χ0n) is 12.5. The second-order valence-corrected chi connectivity index (χ2v) is 5.68. The van der Waals surface area contributed by atoms with Crippen LogP contribution >= 0.6 is 0 Å². The summed E-state index contributed by atoms with van der Waals surface area (Å²) in [7, 11) is 0. The first-order chi connectivity index (χ1) is 9.97. The Bertz CT molecular complexity index is 538. The van der Waals surface area contributed by atoms with Gasteiger partial charge in [0, 0.05) is 30.3 Å². The van der Waals surface area contributed by atoms with Crippen LogP contribution in [-0.4, -0.2) is 29.9 Å². The van der Waals surface area contributed by atoms with Gasteiger partial charge >= 0.3 is 0 Å². The van der Waals surface area contributed by atoms with E-state index in [-0.39, 0.29) is 23.7 Å². The van der Waals surface area contributed by atoms with Crippen LogP contribution in [0, 0.1) is 5.92 Å². The number of carbonyl (C=O) groups is 2. The summed E-state index contributed by atoms with van der Waals surface area (Å²) in [5.41, 5.74) is 7.02. The fraction of sp³-hybridized carbons (Fsp3) is 0.533. The molecule has 1 aliphatic carbocycles. The van der Waals surface area contributed by atoms with Crippen LogP contribution in [0.4, 0.5) is 5.82 Å². The molecule has 0 radical (unpaired) electrons. The highest BCUT2D eigenvalue weighted by Gasteiger charge is 2.28. The minimum Gasteiger partial charge on any atom is -0.384 e. The standard InChI is InChI=1S/C15H22N4O2/c1-9(2)12-7-11(8-13(16)19-12)15(21)18-6-5-17-14(20)10-3-4-10/h7-10H,3-6H2,1-2H3,(H2,16,19)(H,17,20)(H,18,21). The van der Waals surface area contributed by atoms with Gasteiger partial charge in [0.1, 0.15) is 5.82 Å². The second-order valence-electron chi connectivity index (χ2n) is 5.68. The molecule has 4 N–H and O–H groups in total. The van der Waals surface area contributed by atoms with Gasteiger partial charge in [0.2, 0.25) is 5.91 Å². The van der Waals surface area contributed by atoms with Gasteiger partial charge in [-0.05, 0) is 30.9 Å². The summed E-state index contributed by atoms with van der Waals surface area (Å²) in [5, 5.41) is 5.57. The van der Waals surface area contributed by atoms with Gasteiger partial charge in [0.15, 0.2) is 0 Å². The lowest BCUT2D eigenvalue weighted by Crippen LogP contribution is -2.35. The van der Waals surface area contributed by atoms with E-state index in [9.17, 15) is 9.59 Å². The molecule has 0 unspecified atom stereocenters. The third-order valence-electron chi connectivity index (χ3n) is 3.38. The highest BCUT2D eigenvalue weighted by Crippen LogP contribution is 2.28. The summed E-state index contributed by atoms with van der Waals surface area (Å²) in [6, 6.07) is 3.31. The average molecular weight is 290 g/mol. The van der Waals surface area contributed by atoms with Crippen molar-refractivity contribution in [2.75, 3.05) is 18.8 Å². The number of carbonyl (C=O) groups excluding carboxylic acids is 2. The van der Waals surface area contributed by atoms with E-state index in [1.165, 1.54) is 0 Å². The van der Waals surface area contributed by atoms with Crippen molar-refractivity contribution in [3.05, 3.63) is 23.4 Å². The molecule has 0 saturated heterocycles. The van der Waals surface area contributed by atoms with E-state index in [0.29, 0.717) is 24.5 Å². The number of aromatic nitrogens is 1. The molecule has 1 aromatic rings. The van der Waals surface area contributed by atoms with Crippen LogP contribution in [0.3, 0.4) is 0 Å². The number of nitrogen functional groups attached to an aromatic ring is 1. The van der Waals surface area contributed by atoms with Gasteiger partial charge in [-0.15, -0.1) is 0 Å². The van der Waals surface area contributed by atoms with Gasteiger partial charge in [0.25, 0.3) is 5.91 Å². The molecule has 2 rings (SSSR count). The number of rotatable bonds is 6. The zero-order chi connectivity index (χ0) is 15.4. The Morgan fingerprint density at radius 1 is 1.29 bits per heavy atom. The first kappa shape index (κ1) is 15.3. The third kappa shape index (κ3) is 4.44. The molecular formula is C15H22N4O2. The number of hydrogen-bond acceptors (Lipinski definition) is 4. The maximum Gasteiger partial charge on any atom is 0.251 e. The van der Waals surface area contributed by atoms with E-state index >= 15 is 0 Å². The smallest absolute Gasteiger partial charge is 0.251 e. The van der Waals surface area contributed by atoms with E-state index in [1.54, 1.807) is 12.1 Å². The van der Waals surface area contributed by atoms with Crippen molar-refractivity contribution in [2.45, 2.75) is 32.6 Å². The van der Waals surface area contributed by atoms with Crippen LogP contribution in [0.25, 0.3) is 0 Å². The maximum absolute atomic E-state index is 12.1. The normalized spacial score (nSPS) is 14.0. The van der Waals surface area contributed by atoms with E-state index in [0.717, 1.165) is 18.5 Å². The Hall–Kier alpha value is -2.11. The lowest BCUT2D eigenvalue weighted by atomic mass is 10.1. The summed E-state index contributed by atoms with van der Waals surface area (Å²) in [6.07, 6.45) is 1.96. The summed E-state index contributed by atoms with van der Waals surface area (Å²) in [4.78, 5) is 27.7. The van der Waals surface area contributed by atoms with Crippen LogP contribution in [0.1, 0.15) is 48.7 Å². The van der Waals surface area contributed by atoms with Gasteiger partial charge < -0.3 is 16.4 Å². The molecule has 1 aliphatic rings. The highest BCUT2D eigenvalue weighted by molar-refractivity contribution is 5.95. The SMILES string of the molecule is CC(C)c1cc(C(=O)NCCNC(=O)C2CC2)cc(N)n1. The summed E-state index contributed by atoms with van der Waals surface area (Å²) < 4.78 is 0. The van der Waals surface area contributed by atoms with Crippen molar-refractivity contribution in [1.29, 1.82) is 0 Å². The van der Waals surface area contributed by atoms with E-state index in [2.05, 4.69) is 15.6 Å². The van der Waals surface area contributed by atoms with Crippen LogP contribution in [0.15, 0.2) is 12.1 Å². The molecule has 2 amide bonds. The Morgan fingerprint density at radius 3 is 2.57 bits per heavy atom. The van der Waals surface area contributed by atoms with Crippen molar-refractivity contribution < 1.29 is 9.59 Å². The van der Waals surface area contributed by atoms with Crippen molar-refractivity contribution in [2.24, 2.45) is 5.92 Å². The fourth-order valence-electron chi connectivity index (χ4n) is 1.95. The fourth-order valence-corrected chi connectivity index (χ4v) is 1.95. The molecule has 0 aliphatic heterocycles. The molecule has 21 heavy (non-hydrogen) atoms. The predicted octanol–water partition coefficient (Wildman–Crippen LogP) is 1.04. The number of amides is 2. The maximum atomic E-state index is 12.1. The Morgan fingerprint density at radius 2 is 1.95 bits per heavy atom. The Kier molecular flexibility index (Phi) is 4.77. The number of hydrogen-bond donors (Lipinski definition) is 3. The Balaban J connectivity index is 1.83. The zero-order valence-corrected chi connectivity index (χ0v) is 12.5. The Labute approximate surface area is 124 Å². The van der Waals surface area contributed by atoms with Crippen molar-refractivity contribution in [1.82, 2.24) is 15.6 Å². The minimum atomic E-state index is -0.202. The van der Waals surface area contributed by atoms with Crippen LogP contribution in [0.5, 0.6) is 0 Å². The van der Waals surface area contributed by atoms with E-state index in [4.69, 9.17) is 5.73 Å². The number of anilines is 1. The first-order valence-electron chi connectivity index (χ1n) is 7.30. The lowest BCUT2D eigenvalue weighted by Gasteiger charge is -2.10. The molecule has 6 heteroatoms. The molecule has 0 bridgehead atoms. The number of nitrogens with one attached hydrogen (secondary N) is 2. The quantitative estimate of drug-likeness (QED) is 0.682. The average Bonchev–Trinajstić information content (AvgIpc) is 3.26. The van der Waals surface area contributed by atoms with Gasteiger partial charge in [-0.3, -0.25) is 9.59 Å². The molecular weight excluding hydrogens is 268 g/mol. The van der Waals surface area contributed by atoms with Gasteiger partial charge in [-0.25, -0.2) is 4.98 Å².